The van der Waals surface area contributed by atoms with Crippen molar-refractivity contribution in [3.63, 3.8) is 0 Å². The first-order valence-corrected chi connectivity index (χ1v) is 44.9. The van der Waals surface area contributed by atoms with E-state index in [2.05, 4.69) is 109 Å². The smallest absolute Gasteiger partial charge is 0.321 e. The van der Waals surface area contributed by atoms with Gasteiger partial charge in [0.05, 0.1) is 111 Å². The van der Waals surface area contributed by atoms with Crippen LogP contribution in [-0.2, 0) is 35.4 Å². The number of aromatic nitrogens is 16. The molecule has 2 fully saturated rings. The molecule has 0 spiro atoms. The maximum absolute atomic E-state index is 13.1. The molecule has 8 N–H and O–H groups in total. The van der Waals surface area contributed by atoms with Crippen LogP contribution in [0.2, 0.25) is 0 Å². The van der Waals surface area contributed by atoms with Gasteiger partial charge in [-0.25, -0.2) is 47.6 Å². The molecule has 688 valence electrons. The number of anilines is 2. The van der Waals surface area contributed by atoms with Gasteiger partial charge in [-0.15, -0.1) is 20.4 Å². The topological polar surface area (TPSA) is 419 Å². The number of likely N-dealkylation sites (N-methyl/N-ethyl adjacent to an activating group) is 1. The summed E-state index contributed by atoms with van der Waals surface area (Å²) in [7, 11) is 1.95. The number of nitrogens with zero attached hydrogens (tertiary/aromatic N) is 16. The lowest BCUT2D eigenvalue weighted by Crippen LogP contribution is -2.43. The largest absolute Gasteiger partial charge is 0.493 e. The van der Waals surface area contributed by atoms with Crippen molar-refractivity contribution in [3.05, 3.63) is 171 Å². The normalized spacial score (nSPS) is 13.0. The number of fused-ring (bicyclic) bond motifs is 4. The molecule has 36 heteroatoms. The minimum atomic E-state index is -0.311. The number of H-pyrrole nitrogens is 4. The number of urea groups is 2. The second kappa shape index (κ2) is 46.0. The van der Waals surface area contributed by atoms with Crippen molar-refractivity contribution < 1.29 is 48.2 Å². The van der Waals surface area contributed by atoms with Crippen molar-refractivity contribution in [1.82, 2.24) is 97.9 Å². The Morgan fingerprint density at radius 3 is 1.22 bits per heavy atom. The zero-order chi connectivity index (χ0) is 91.8. The van der Waals surface area contributed by atoms with Crippen LogP contribution in [0, 0.1) is 27.7 Å². The van der Waals surface area contributed by atoms with Crippen LogP contribution in [0.25, 0.3) is 67.6 Å². The molecule has 36 nitrogen and oxygen atoms in total. The van der Waals surface area contributed by atoms with E-state index in [9.17, 15) is 33.9 Å². The lowest BCUT2D eigenvalue weighted by Gasteiger charge is -2.27. The Bertz CT molecular complexity index is 6000. The van der Waals surface area contributed by atoms with Crippen molar-refractivity contribution in [2.75, 3.05) is 130 Å². The maximum Gasteiger partial charge on any atom is 0.321 e. The number of benzene rings is 4. The molecule has 0 radical (unpaired) electrons. The van der Waals surface area contributed by atoms with Crippen LogP contribution in [0.4, 0.5) is 21.0 Å². The molecule has 128 heavy (non-hydrogen) atoms. The minimum Gasteiger partial charge on any atom is -0.493 e. The number of ether oxygens (including phenoxy) is 6. The Hall–Kier alpha value is -12.2. The summed E-state index contributed by atoms with van der Waals surface area (Å²) < 4.78 is 40.7. The molecule has 0 unspecified atom stereocenters. The molecular weight excluding hydrogens is 1640 g/mol. The fourth-order valence-corrected chi connectivity index (χ4v) is 15.8. The van der Waals surface area contributed by atoms with E-state index in [0.717, 1.165) is 136 Å². The second-order valence-electron chi connectivity index (χ2n) is 31.5. The van der Waals surface area contributed by atoms with Gasteiger partial charge in [-0.3, -0.25) is 29.0 Å². The van der Waals surface area contributed by atoms with Gasteiger partial charge in [0.25, 0.3) is 22.2 Å². The fourth-order valence-electron chi connectivity index (χ4n) is 15.8. The quantitative estimate of drug-likeness (QED) is 0.0186. The van der Waals surface area contributed by atoms with Crippen molar-refractivity contribution >= 4 is 45.5 Å². The van der Waals surface area contributed by atoms with Gasteiger partial charge in [0.1, 0.15) is 46.3 Å². The number of carbonyl (C=O) groups is 2. The summed E-state index contributed by atoms with van der Waals surface area (Å²) in [5.41, 5.74) is 9.52. The van der Waals surface area contributed by atoms with Crippen LogP contribution < -0.4 is 51.8 Å². The van der Waals surface area contributed by atoms with E-state index in [1.54, 1.807) is 64.3 Å². The molecule has 2 saturated heterocycles. The molecule has 0 saturated carbocycles. The van der Waals surface area contributed by atoms with Crippen molar-refractivity contribution in [2.24, 2.45) is 0 Å². The fraction of sp³-hybridized carbons (Fsp3) is 0.500. The second-order valence-corrected chi connectivity index (χ2v) is 31.5. The average molecular weight is 1760 g/mol. The van der Waals surface area contributed by atoms with Gasteiger partial charge in [0.15, 0.2) is 45.4 Å². The van der Waals surface area contributed by atoms with E-state index in [1.807, 2.05) is 98.5 Å². The number of rotatable bonds is 34. The highest BCUT2D eigenvalue weighted by Crippen LogP contribution is 2.36. The summed E-state index contributed by atoms with van der Waals surface area (Å²) in [4.78, 5) is 115. The highest BCUT2D eigenvalue weighted by atomic mass is 16.5. The number of amides is 4. The third-order valence-corrected chi connectivity index (χ3v) is 22.2. The Kier molecular flexibility index (Phi) is 34.6. The Morgan fingerprint density at radius 1 is 0.453 bits per heavy atom. The van der Waals surface area contributed by atoms with Crippen LogP contribution in [0.5, 0.6) is 23.0 Å². The standard InChI is InChI=1S/C25H36N6O4.C24H32N6O4.C22H29N5O3.C21H29N5O3/c1-6-12-30(13-14-32)25(34)27-18-10-11-20(35-9-4)19(15-18)22-28-24(33)21-16(5)26-23(31(21)29-22)17(7-2)8-3;1-5-16(6-2)22-25-15(4)20-23(31)27-21(28-30(20)22)18-14-17(8-9-19(18)34-7-3)26-24(32)29-10-12-33-13-11-29;1-4-6-19-23-15(3)20-22(28)24-21(25-27(19)20)17-13-16(7-8-18(17)30-5-2)14-26-9-11-29-12-10-26;1-5-7-18-22-14(3)19-21(28)23-20(24-26(18)19)16-12-15(13-25(4)10-11-27)8-9-17(16)29-6-2/h10-11,15,17,32H,6-9,12-14H2,1-5H3,(H,27,34)(H,28,29,33);8-9,14,16H,5-7,10-13H2,1-4H3,(H,26,32)(H,27,28,31);7-8,13H,4-6,9-12,14H2,1-3H3,(H,24,25,28);8-9,12,27H,5-7,10-11,13H2,1-4H3,(H,23,24,28). The summed E-state index contributed by atoms with van der Waals surface area (Å²) in [6.07, 6.45) is 7.68. The van der Waals surface area contributed by atoms with Gasteiger partial charge in [-0.2, -0.15) is 0 Å². The molecule has 0 aliphatic carbocycles. The van der Waals surface area contributed by atoms with E-state index in [0.29, 0.717) is 186 Å². The van der Waals surface area contributed by atoms with E-state index < -0.39 is 0 Å². The molecule has 10 heterocycles. The highest BCUT2D eigenvalue weighted by molar-refractivity contribution is 5.91. The minimum absolute atomic E-state index is 0.103. The molecule has 2 aliphatic heterocycles. The number of aliphatic hydroxyl groups excluding tert-OH is 2. The number of aliphatic hydroxyl groups is 2. The van der Waals surface area contributed by atoms with Gasteiger partial charge < -0.3 is 79.0 Å². The van der Waals surface area contributed by atoms with Crippen LogP contribution in [0.15, 0.2) is 92.0 Å². The predicted molar refractivity (Wildman–Crippen MR) is 493 cm³/mol. The summed E-state index contributed by atoms with van der Waals surface area (Å²) in [5, 5.41) is 43.3. The van der Waals surface area contributed by atoms with Crippen LogP contribution >= 0.6 is 0 Å². The Morgan fingerprint density at radius 2 is 0.820 bits per heavy atom. The van der Waals surface area contributed by atoms with Crippen molar-refractivity contribution in [2.45, 2.75) is 187 Å². The number of imidazole rings is 4. The molecule has 2 aliphatic rings. The molecule has 12 aromatic rings. The number of aryl methyl sites for hydroxylation is 6. The van der Waals surface area contributed by atoms with E-state index in [4.69, 9.17) is 53.9 Å². The number of hydrogen-bond acceptors (Lipinski definition) is 24. The number of aromatic amines is 4. The molecule has 4 aromatic carbocycles. The molecule has 4 amide bonds. The highest BCUT2D eigenvalue weighted by Gasteiger charge is 2.28. The molecular formula is C92H126N22O14. The monoisotopic (exact) mass is 1760 g/mol. The molecule has 0 atom stereocenters. The number of nitrogens with one attached hydrogen (secondary N) is 6. The van der Waals surface area contributed by atoms with Gasteiger partial charge in [-0.1, -0.05) is 60.6 Å². The summed E-state index contributed by atoms with van der Waals surface area (Å²) >= 11 is 0. The van der Waals surface area contributed by atoms with Gasteiger partial charge in [0.2, 0.25) is 0 Å². The third-order valence-electron chi connectivity index (χ3n) is 22.2. The van der Waals surface area contributed by atoms with Crippen molar-refractivity contribution in [1.29, 1.82) is 0 Å². The van der Waals surface area contributed by atoms with Gasteiger partial charge in [-0.05, 0) is 179 Å². The number of hydrogen-bond donors (Lipinski definition) is 8. The van der Waals surface area contributed by atoms with Crippen LogP contribution in [0.3, 0.4) is 0 Å². The summed E-state index contributed by atoms with van der Waals surface area (Å²) in [5.74, 6) is 7.59. The Labute approximate surface area is 744 Å². The first-order chi connectivity index (χ1) is 61.9. The van der Waals surface area contributed by atoms with E-state index >= 15 is 0 Å². The van der Waals surface area contributed by atoms with Gasteiger partial charge >= 0.3 is 12.1 Å². The zero-order valence-corrected chi connectivity index (χ0v) is 76.8. The van der Waals surface area contributed by atoms with Crippen molar-refractivity contribution in [3.8, 4) is 68.5 Å². The molecule has 14 rings (SSSR count). The summed E-state index contributed by atoms with van der Waals surface area (Å²) in [6.45, 7) is 39.7. The maximum atomic E-state index is 13.1. The summed E-state index contributed by atoms with van der Waals surface area (Å²) in [6, 6.07) is 22.0. The van der Waals surface area contributed by atoms with E-state index in [-0.39, 0.29) is 65.9 Å². The first kappa shape index (κ1) is 96.4. The first-order valence-electron chi connectivity index (χ1n) is 44.9. The number of carbonyl (C=O) groups excluding carboxylic acids is 2. The number of morpholine rings is 2. The SMILES string of the molecule is CCCN(CCO)C(=O)Nc1ccc(OCC)c(-c2nn3c(C(CC)CC)nc(C)c3c(=O)[nH]2)c1.CCCc1nc(C)c2c(=O)[nH]c(-c3cc(CN(C)CCO)ccc3OCC)nn12.CCCc1nc(C)c2c(=O)[nH]c(-c3cc(CN4CCOCC4)ccc3OCC)nn12.CCOc1ccc(NC(=O)N2CCOCC2)cc1-c1nn2c(C(CC)CC)nc(C)c2c(=O)[nH]1. The molecule has 8 aromatic heterocycles. The van der Waals surface area contributed by atoms with Crippen LogP contribution in [0.1, 0.15) is 190 Å². The predicted octanol–water partition coefficient (Wildman–Crippen LogP) is 12.2. The Balaban J connectivity index is 0.000000166. The third kappa shape index (κ3) is 23.0. The lowest BCUT2D eigenvalue weighted by molar-refractivity contribution is 0.0342. The van der Waals surface area contributed by atoms with E-state index in [1.165, 1.54) is 0 Å². The zero-order valence-electron chi connectivity index (χ0n) is 76.8. The lowest BCUT2D eigenvalue weighted by atomic mass is 10.0. The molecule has 0 bridgehead atoms. The van der Waals surface area contributed by atoms with Crippen LogP contribution in [-0.4, -0.2) is 239 Å². The van der Waals surface area contributed by atoms with Gasteiger partial charge in [0, 0.05) is 95.0 Å². The average Bonchev–Trinajstić information content (AvgIpc) is 1.62.